The molecule has 0 radical (unpaired) electrons. The summed E-state index contributed by atoms with van der Waals surface area (Å²) in [5, 5.41) is 9.58. The third kappa shape index (κ3) is 4.24. The highest BCUT2D eigenvalue weighted by atomic mass is 32.2. The van der Waals surface area contributed by atoms with Crippen molar-refractivity contribution in [3.63, 3.8) is 0 Å². The maximum atomic E-state index is 12.3. The summed E-state index contributed by atoms with van der Waals surface area (Å²) < 4.78 is 5.17. The number of ether oxygens (including phenoxy) is 1. The summed E-state index contributed by atoms with van der Waals surface area (Å²) in [4.78, 5) is 23.4. The highest BCUT2D eigenvalue weighted by Gasteiger charge is 2.19. The summed E-state index contributed by atoms with van der Waals surface area (Å²) in [6.45, 7) is 0. The van der Waals surface area contributed by atoms with E-state index in [0.29, 0.717) is 22.3 Å². The normalized spacial score (nSPS) is 15.7. The number of methoxy groups -OCH3 is 1. The second-order valence-electron chi connectivity index (χ2n) is 5.21. The van der Waals surface area contributed by atoms with Crippen LogP contribution >= 0.6 is 11.8 Å². The number of carbonyl (C=O) groups is 2. The molecule has 4 nitrogen and oxygen atoms in total. The second-order valence-corrected chi connectivity index (χ2v) is 6.50. The molecule has 21 heavy (non-hydrogen) atoms. The van der Waals surface area contributed by atoms with E-state index >= 15 is 0 Å². The van der Waals surface area contributed by atoms with Crippen LogP contribution in [-0.2, 0) is 0 Å². The lowest BCUT2D eigenvalue weighted by molar-refractivity contribution is 0.0697. The Morgan fingerprint density at radius 1 is 1.29 bits per heavy atom. The van der Waals surface area contributed by atoms with Crippen LogP contribution in [-0.4, -0.2) is 35.0 Å². The van der Waals surface area contributed by atoms with Crippen molar-refractivity contribution in [3.8, 4) is 5.75 Å². The highest BCUT2D eigenvalue weighted by Crippen LogP contribution is 2.30. The summed E-state index contributed by atoms with van der Waals surface area (Å²) in [5.41, 5.74) is 0.475. The molecule has 0 aromatic heterocycles. The van der Waals surface area contributed by atoms with Crippen LogP contribution in [0, 0.1) is 0 Å². The molecule has 1 N–H and O–H groups in total. The predicted molar refractivity (Wildman–Crippen MR) is 83.6 cm³/mol. The fourth-order valence-corrected chi connectivity index (χ4v) is 3.77. The van der Waals surface area contributed by atoms with Gasteiger partial charge in [0.25, 0.3) is 0 Å². The second kappa shape index (κ2) is 7.50. The van der Waals surface area contributed by atoms with Crippen molar-refractivity contribution in [1.82, 2.24) is 0 Å². The van der Waals surface area contributed by atoms with Crippen LogP contribution in [0.15, 0.2) is 18.2 Å². The Kier molecular flexibility index (Phi) is 5.67. The van der Waals surface area contributed by atoms with E-state index in [1.165, 1.54) is 51.3 Å². The zero-order valence-electron chi connectivity index (χ0n) is 12.1. The zero-order valence-corrected chi connectivity index (χ0v) is 12.9. The highest BCUT2D eigenvalue weighted by molar-refractivity contribution is 8.00. The summed E-state index contributed by atoms with van der Waals surface area (Å²) in [6.07, 6.45) is 6.11. The van der Waals surface area contributed by atoms with Gasteiger partial charge in [-0.25, -0.2) is 4.79 Å². The van der Waals surface area contributed by atoms with E-state index in [0.717, 1.165) is 0 Å². The molecular weight excluding hydrogens is 288 g/mol. The lowest BCUT2D eigenvalue weighted by Crippen LogP contribution is -2.13. The number of Topliss-reactive ketones (excluding diaryl/α,β-unsaturated/α-hetero) is 1. The molecule has 0 saturated heterocycles. The van der Waals surface area contributed by atoms with Crippen molar-refractivity contribution in [3.05, 3.63) is 29.3 Å². The molecule has 1 aliphatic carbocycles. The quantitative estimate of drug-likeness (QED) is 0.813. The van der Waals surface area contributed by atoms with E-state index in [2.05, 4.69) is 0 Å². The van der Waals surface area contributed by atoms with Crippen LogP contribution in [0.5, 0.6) is 5.75 Å². The summed E-state index contributed by atoms with van der Waals surface area (Å²) in [6, 6.07) is 4.40. The van der Waals surface area contributed by atoms with E-state index in [4.69, 9.17) is 9.84 Å². The van der Waals surface area contributed by atoms with Crippen LogP contribution in [0.25, 0.3) is 0 Å². The van der Waals surface area contributed by atoms with Crippen molar-refractivity contribution < 1.29 is 19.4 Å². The third-order valence-electron chi connectivity index (χ3n) is 3.75. The number of carboxylic acid groups (broad SMARTS) is 1. The minimum Gasteiger partial charge on any atom is -0.496 e. The fraction of sp³-hybridized carbons (Fsp3) is 0.500. The first-order chi connectivity index (χ1) is 10.1. The monoisotopic (exact) mass is 308 g/mol. The molecule has 0 aliphatic heterocycles. The number of aromatic carboxylic acids is 1. The van der Waals surface area contributed by atoms with Gasteiger partial charge in [-0.15, -0.1) is 0 Å². The van der Waals surface area contributed by atoms with Crippen LogP contribution < -0.4 is 4.74 Å². The summed E-state index contributed by atoms with van der Waals surface area (Å²) in [7, 11) is 1.49. The molecule has 5 heteroatoms. The van der Waals surface area contributed by atoms with Gasteiger partial charge in [0, 0.05) is 5.25 Å². The Balaban J connectivity index is 2.06. The van der Waals surface area contributed by atoms with E-state index in [1.54, 1.807) is 17.8 Å². The number of hydrogen-bond acceptors (Lipinski definition) is 4. The molecule has 1 aromatic rings. The molecule has 1 saturated carbocycles. The Bertz CT molecular complexity index is 521. The standard InChI is InChI=1S/C16H20O4S/c1-20-15-8-7-11(16(18)19)9-13(15)14(17)10-21-12-5-3-2-4-6-12/h7-9,12H,2-6,10H2,1H3,(H,18,19). The van der Waals surface area contributed by atoms with Gasteiger partial charge >= 0.3 is 5.97 Å². The lowest BCUT2D eigenvalue weighted by Gasteiger charge is -2.20. The van der Waals surface area contributed by atoms with E-state index < -0.39 is 5.97 Å². The first-order valence-electron chi connectivity index (χ1n) is 7.18. The molecule has 0 unspecified atom stereocenters. The van der Waals surface area contributed by atoms with Crippen LogP contribution in [0.2, 0.25) is 0 Å². The van der Waals surface area contributed by atoms with Gasteiger partial charge in [0.1, 0.15) is 5.75 Å². The number of hydrogen-bond donors (Lipinski definition) is 1. The average Bonchev–Trinajstić information content (AvgIpc) is 2.52. The van der Waals surface area contributed by atoms with Gasteiger partial charge < -0.3 is 9.84 Å². The van der Waals surface area contributed by atoms with E-state index in [-0.39, 0.29) is 11.3 Å². The minimum absolute atomic E-state index is 0.0643. The molecule has 2 rings (SSSR count). The number of benzene rings is 1. The maximum Gasteiger partial charge on any atom is 0.335 e. The van der Waals surface area contributed by atoms with Gasteiger partial charge in [0.15, 0.2) is 5.78 Å². The lowest BCUT2D eigenvalue weighted by atomic mass is 10.0. The van der Waals surface area contributed by atoms with Crippen LogP contribution in [0.1, 0.15) is 52.8 Å². The van der Waals surface area contributed by atoms with Gasteiger partial charge in [-0.05, 0) is 31.0 Å². The molecule has 0 amide bonds. The molecule has 0 bridgehead atoms. The third-order valence-corrected chi connectivity index (χ3v) is 5.12. The molecule has 0 atom stereocenters. The summed E-state index contributed by atoms with van der Waals surface area (Å²) >= 11 is 1.68. The Hall–Kier alpha value is -1.49. The van der Waals surface area contributed by atoms with E-state index in [1.807, 2.05) is 0 Å². The molecule has 114 valence electrons. The van der Waals surface area contributed by atoms with Crippen LogP contribution in [0.3, 0.4) is 0 Å². The van der Waals surface area contributed by atoms with Crippen molar-refractivity contribution in [2.24, 2.45) is 0 Å². The van der Waals surface area contributed by atoms with Crippen molar-refractivity contribution >= 4 is 23.5 Å². The maximum absolute atomic E-state index is 12.3. The Labute approximate surface area is 128 Å². The number of carbonyl (C=O) groups excluding carboxylic acids is 1. The van der Waals surface area contributed by atoms with E-state index in [9.17, 15) is 9.59 Å². The Morgan fingerprint density at radius 2 is 2.00 bits per heavy atom. The van der Waals surface area contributed by atoms with Gasteiger partial charge in [-0.3, -0.25) is 4.79 Å². The molecule has 1 fully saturated rings. The average molecular weight is 308 g/mol. The molecule has 0 spiro atoms. The topological polar surface area (TPSA) is 63.6 Å². The number of rotatable bonds is 6. The van der Waals surface area contributed by atoms with Gasteiger partial charge in [-0.2, -0.15) is 11.8 Å². The van der Waals surface area contributed by atoms with Crippen LogP contribution in [0.4, 0.5) is 0 Å². The molecule has 1 aliphatic rings. The molecule has 1 aromatic carbocycles. The predicted octanol–water partition coefficient (Wildman–Crippen LogP) is 3.64. The number of ketones is 1. The van der Waals surface area contributed by atoms with Crippen molar-refractivity contribution in [1.29, 1.82) is 0 Å². The fourth-order valence-electron chi connectivity index (χ4n) is 2.56. The first kappa shape index (κ1) is 15.9. The van der Waals surface area contributed by atoms with Gasteiger partial charge in [0.05, 0.1) is 24.0 Å². The first-order valence-corrected chi connectivity index (χ1v) is 8.23. The zero-order chi connectivity index (χ0) is 15.2. The molecular formula is C16H20O4S. The van der Waals surface area contributed by atoms with Gasteiger partial charge in [0.2, 0.25) is 0 Å². The largest absolute Gasteiger partial charge is 0.496 e. The smallest absolute Gasteiger partial charge is 0.335 e. The summed E-state index contributed by atoms with van der Waals surface area (Å²) in [5.74, 6) is -0.282. The number of thioether (sulfide) groups is 1. The van der Waals surface area contributed by atoms with Crippen molar-refractivity contribution in [2.75, 3.05) is 12.9 Å². The number of carboxylic acids is 1. The van der Waals surface area contributed by atoms with Gasteiger partial charge in [-0.1, -0.05) is 19.3 Å². The van der Waals surface area contributed by atoms with Crippen molar-refractivity contribution in [2.45, 2.75) is 37.4 Å². The SMILES string of the molecule is COc1ccc(C(=O)O)cc1C(=O)CSC1CCCCC1. The molecule has 0 heterocycles. The Morgan fingerprint density at radius 3 is 2.62 bits per heavy atom. The minimum atomic E-state index is -1.04.